The van der Waals surface area contributed by atoms with Gasteiger partial charge in [-0.25, -0.2) is 0 Å². The number of nitrogens with zero attached hydrogens (tertiary/aromatic N) is 1. The number of rotatable bonds is 6. The molecule has 4 heteroatoms. The molecule has 0 saturated carbocycles. The lowest BCUT2D eigenvalue weighted by molar-refractivity contribution is -0.132. The summed E-state index contributed by atoms with van der Waals surface area (Å²) in [6.45, 7) is 5.28. The van der Waals surface area contributed by atoms with Crippen LogP contribution in [-0.4, -0.2) is 44.2 Å². The van der Waals surface area contributed by atoms with Gasteiger partial charge >= 0.3 is 0 Å². The minimum absolute atomic E-state index is 0.0103. The predicted octanol–water partition coefficient (Wildman–Crippen LogP) is 0.465. The van der Waals surface area contributed by atoms with Crippen molar-refractivity contribution in [1.29, 1.82) is 0 Å². The van der Waals surface area contributed by atoms with Crippen molar-refractivity contribution < 1.29 is 9.53 Å². The molecule has 4 nitrogen and oxygen atoms in total. The van der Waals surface area contributed by atoms with Gasteiger partial charge in [0.05, 0.1) is 6.04 Å². The number of ether oxygens (including phenoxy) is 1. The molecule has 0 bridgehead atoms. The number of hydrogen-bond acceptors (Lipinski definition) is 3. The van der Waals surface area contributed by atoms with E-state index in [9.17, 15) is 4.79 Å². The van der Waals surface area contributed by atoms with Crippen molar-refractivity contribution in [1.82, 2.24) is 4.90 Å². The fourth-order valence-corrected chi connectivity index (χ4v) is 1.10. The first-order valence-electron chi connectivity index (χ1n) is 5.00. The molecule has 0 saturated heterocycles. The lowest BCUT2D eigenvalue weighted by Crippen LogP contribution is -2.45. The average molecular weight is 202 g/mol. The van der Waals surface area contributed by atoms with Crippen molar-refractivity contribution in [2.75, 3.05) is 27.3 Å². The van der Waals surface area contributed by atoms with Crippen molar-refractivity contribution in [3.8, 4) is 0 Å². The maximum Gasteiger partial charge on any atom is 0.239 e. The van der Waals surface area contributed by atoms with Crippen LogP contribution in [0.4, 0.5) is 0 Å². The first kappa shape index (κ1) is 13.4. The Morgan fingerprint density at radius 1 is 1.50 bits per heavy atom. The summed E-state index contributed by atoms with van der Waals surface area (Å²) in [6, 6.07) is -0.387. The molecule has 1 atom stereocenters. The second-order valence-corrected chi connectivity index (χ2v) is 3.88. The molecule has 0 aliphatic rings. The number of hydrogen-bond donors (Lipinski definition) is 1. The van der Waals surface area contributed by atoms with Crippen molar-refractivity contribution in [3.63, 3.8) is 0 Å². The molecule has 14 heavy (non-hydrogen) atoms. The summed E-state index contributed by atoms with van der Waals surface area (Å²) in [4.78, 5) is 13.3. The quantitative estimate of drug-likeness (QED) is 0.637. The van der Waals surface area contributed by atoms with Crippen LogP contribution in [-0.2, 0) is 9.53 Å². The number of carbonyl (C=O) groups is 1. The van der Waals surface area contributed by atoms with E-state index in [-0.39, 0.29) is 17.9 Å². The molecule has 0 fully saturated rings. The van der Waals surface area contributed by atoms with Gasteiger partial charge in [0.2, 0.25) is 5.91 Å². The fourth-order valence-electron chi connectivity index (χ4n) is 1.10. The first-order chi connectivity index (χ1) is 6.50. The number of methoxy groups -OCH3 is 1. The lowest BCUT2D eigenvalue weighted by Gasteiger charge is -2.23. The van der Waals surface area contributed by atoms with Gasteiger partial charge in [-0.05, 0) is 12.3 Å². The molecule has 2 N–H and O–H groups in total. The number of nitrogens with two attached hydrogens (primary N) is 1. The molecule has 84 valence electrons. The molecule has 1 amide bonds. The Kier molecular flexibility index (Phi) is 6.49. The monoisotopic (exact) mass is 202 g/mol. The first-order valence-corrected chi connectivity index (χ1v) is 5.00. The Bertz CT molecular complexity index is 172. The van der Waals surface area contributed by atoms with Gasteiger partial charge in [-0.15, -0.1) is 0 Å². The van der Waals surface area contributed by atoms with Gasteiger partial charge in [0, 0.05) is 27.3 Å². The zero-order chi connectivity index (χ0) is 11.1. The molecule has 0 rings (SSSR count). The second kappa shape index (κ2) is 6.79. The maximum absolute atomic E-state index is 11.6. The Morgan fingerprint density at radius 2 is 2.07 bits per heavy atom. The Hall–Kier alpha value is -0.610. The zero-order valence-corrected chi connectivity index (χ0v) is 9.62. The zero-order valence-electron chi connectivity index (χ0n) is 9.62. The Labute approximate surface area is 86.4 Å². The van der Waals surface area contributed by atoms with Crippen LogP contribution in [0.15, 0.2) is 0 Å². The highest BCUT2D eigenvalue weighted by atomic mass is 16.5. The molecule has 0 radical (unpaired) electrons. The highest BCUT2D eigenvalue weighted by Gasteiger charge is 2.20. The SMILES string of the molecule is COCCCN(C)C(=O)[C@H](N)C(C)C. The van der Waals surface area contributed by atoms with Crippen LogP contribution < -0.4 is 5.73 Å². The highest BCUT2D eigenvalue weighted by Crippen LogP contribution is 2.02. The summed E-state index contributed by atoms with van der Waals surface area (Å²) >= 11 is 0. The Balaban J connectivity index is 3.86. The summed E-state index contributed by atoms with van der Waals surface area (Å²) in [7, 11) is 3.43. The molecular weight excluding hydrogens is 180 g/mol. The number of carbonyl (C=O) groups excluding carboxylic acids is 1. The van der Waals surface area contributed by atoms with Gasteiger partial charge in [0.1, 0.15) is 0 Å². The highest BCUT2D eigenvalue weighted by molar-refractivity contribution is 5.81. The minimum atomic E-state index is -0.387. The van der Waals surface area contributed by atoms with E-state index in [1.807, 2.05) is 13.8 Å². The summed E-state index contributed by atoms with van der Waals surface area (Å²) in [5.41, 5.74) is 5.74. The van der Waals surface area contributed by atoms with E-state index in [4.69, 9.17) is 10.5 Å². The molecule has 0 unspecified atom stereocenters. The van der Waals surface area contributed by atoms with E-state index >= 15 is 0 Å². The van der Waals surface area contributed by atoms with E-state index in [0.717, 1.165) is 6.42 Å². The fraction of sp³-hybridized carbons (Fsp3) is 0.900. The van der Waals surface area contributed by atoms with Crippen molar-refractivity contribution in [2.45, 2.75) is 26.3 Å². The van der Waals surface area contributed by atoms with E-state index in [1.165, 1.54) is 0 Å². The second-order valence-electron chi connectivity index (χ2n) is 3.88. The van der Waals surface area contributed by atoms with Crippen molar-refractivity contribution in [3.05, 3.63) is 0 Å². The van der Waals surface area contributed by atoms with Crippen LogP contribution in [0.25, 0.3) is 0 Å². The molecule has 0 spiro atoms. The van der Waals surface area contributed by atoms with Gasteiger partial charge in [0.25, 0.3) is 0 Å². The third kappa shape index (κ3) is 4.58. The molecule has 0 heterocycles. The summed E-state index contributed by atoms with van der Waals surface area (Å²) in [6.07, 6.45) is 0.851. The van der Waals surface area contributed by atoms with E-state index < -0.39 is 0 Å². The van der Waals surface area contributed by atoms with E-state index in [1.54, 1.807) is 19.1 Å². The largest absolute Gasteiger partial charge is 0.385 e. The molecule has 0 aliphatic heterocycles. The average Bonchev–Trinajstić information content (AvgIpc) is 2.15. The summed E-state index contributed by atoms with van der Waals surface area (Å²) < 4.78 is 4.91. The van der Waals surface area contributed by atoms with E-state index in [2.05, 4.69) is 0 Å². The molecule has 0 aromatic carbocycles. The topological polar surface area (TPSA) is 55.6 Å². The van der Waals surface area contributed by atoms with Gasteiger partial charge in [-0.2, -0.15) is 0 Å². The van der Waals surface area contributed by atoms with Gasteiger partial charge in [-0.3, -0.25) is 4.79 Å². The van der Waals surface area contributed by atoms with Crippen LogP contribution in [0.1, 0.15) is 20.3 Å². The van der Waals surface area contributed by atoms with Gasteiger partial charge < -0.3 is 15.4 Å². The van der Waals surface area contributed by atoms with E-state index in [0.29, 0.717) is 13.2 Å². The smallest absolute Gasteiger partial charge is 0.239 e. The van der Waals surface area contributed by atoms with Gasteiger partial charge in [-0.1, -0.05) is 13.8 Å². The Morgan fingerprint density at radius 3 is 2.50 bits per heavy atom. The lowest BCUT2D eigenvalue weighted by atomic mass is 10.0. The normalized spacial score (nSPS) is 13.0. The van der Waals surface area contributed by atoms with Crippen LogP contribution >= 0.6 is 0 Å². The standard InChI is InChI=1S/C10H22N2O2/c1-8(2)9(11)10(13)12(3)6-5-7-14-4/h8-9H,5-7,11H2,1-4H3/t9-/m1/s1. The van der Waals surface area contributed by atoms with Gasteiger partial charge in [0.15, 0.2) is 0 Å². The third-order valence-corrected chi connectivity index (χ3v) is 2.22. The molecule has 0 aromatic rings. The number of likely N-dealkylation sites (N-methyl/N-ethyl adjacent to an activating group) is 1. The third-order valence-electron chi connectivity index (χ3n) is 2.22. The summed E-state index contributed by atoms with van der Waals surface area (Å²) in [5, 5.41) is 0. The van der Waals surface area contributed by atoms with Crippen LogP contribution in [0.2, 0.25) is 0 Å². The van der Waals surface area contributed by atoms with Crippen LogP contribution in [0.3, 0.4) is 0 Å². The minimum Gasteiger partial charge on any atom is -0.385 e. The van der Waals surface area contributed by atoms with Crippen LogP contribution in [0.5, 0.6) is 0 Å². The van der Waals surface area contributed by atoms with Crippen molar-refractivity contribution >= 4 is 5.91 Å². The van der Waals surface area contributed by atoms with Crippen LogP contribution in [0, 0.1) is 5.92 Å². The van der Waals surface area contributed by atoms with Crippen molar-refractivity contribution in [2.24, 2.45) is 11.7 Å². The molecular formula is C10H22N2O2. The molecule has 0 aliphatic carbocycles. The number of amides is 1. The maximum atomic E-state index is 11.6. The predicted molar refractivity (Wildman–Crippen MR) is 56.9 cm³/mol. The summed E-state index contributed by atoms with van der Waals surface area (Å²) in [5.74, 6) is 0.198. The molecule has 0 aromatic heterocycles.